The summed E-state index contributed by atoms with van der Waals surface area (Å²) in [6.07, 6.45) is 16.1. The number of hydrogen-bond acceptors (Lipinski definition) is 1. The van der Waals surface area contributed by atoms with Crippen molar-refractivity contribution in [3.63, 3.8) is 0 Å². The first-order valence-corrected chi connectivity index (χ1v) is 10.7. The summed E-state index contributed by atoms with van der Waals surface area (Å²) in [6.45, 7) is 7.36. The second-order valence-electron chi connectivity index (χ2n) is 10.2. The van der Waals surface area contributed by atoms with Crippen LogP contribution in [0.1, 0.15) is 97.8 Å². The fraction of sp³-hybridized carbons (Fsp3) is 1.00. The van der Waals surface area contributed by atoms with Crippen LogP contribution in [-0.2, 0) is 0 Å². The first kappa shape index (κ1) is 16.4. The zero-order chi connectivity index (χ0) is 16.3. The second-order valence-corrected chi connectivity index (χ2v) is 10.2. The molecule has 0 heterocycles. The van der Waals surface area contributed by atoms with Crippen LogP contribution in [0.15, 0.2) is 0 Å². The molecule has 4 rings (SSSR count). The Labute approximate surface area is 143 Å². The first-order valence-electron chi connectivity index (χ1n) is 10.7. The molecule has 0 aromatic carbocycles. The van der Waals surface area contributed by atoms with E-state index in [0.29, 0.717) is 5.41 Å². The van der Waals surface area contributed by atoms with Crippen LogP contribution in [-0.4, -0.2) is 10.7 Å². The van der Waals surface area contributed by atoms with Gasteiger partial charge in [0, 0.05) is 0 Å². The van der Waals surface area contributed by atoms with Crippen LogP contribution in [0.2, 0.25) is 0 Å². The summed E-state index contributed by atoms with van der Waals surface area (Å²) in [5, 5.41) is 11.4. The van der Waals surface area contributed by atoms with Gasteiger partial charge >= 0.3 is 0 Å². The van der Waals surface area contributed by atoms with Crippen LogP contribution in [0.4, 0.5) is 0 Å². The SMILES string of the molecule is CCC[C@]1(O)CC[C@H]2[C@H]3CC[C@H]4CCCC[C@]4(C)[C@@H]3CC[C@@]21C. The fourth-order valence-corrected chi connectivity index (χ4v) is 8.23. The van der Waals surface area contributed by atoms with Gasteiger partial charge in [0.15, 0.2) is 0 Å². The molecule has 0 spiro atoms. The first-order chi connectivity index (χ1) is 10.9. The molecule has 0 amide bonds. The Morgan fingerprint density at radius 1 is 0.870 bits per heavy atom. The molecule has 0 aromatic heterocycles. The van der Waals surface area contributed by atoms with E-state index in [1.807, 2.05) is 0 Å². The lowest BCUT2D eigenvalue weighted by Crippen LogP contribution is -2.56. The van der Waals surface area contributed by atoms with Gasteiger partial charge in [-0.25, -0.2) is 0 Å². The van der Waals surface area contributed by atoms with Gasteiger partial charge in [0.2, 0.25) is 0 Å². The summed E-state index contributed by atoms with van der Waals surface area (Å²) in [4.78, 5) is 0. The van der Waals surface area contributed by atoms with Gasteiger partial charge in [-0.2, -0.15) is 0 Å². The average Bonchev–Trinajstić information content (AvgIpc) is 2.79. The molecule has 0 aliphatic heterocycles. The van der Waals surface area contributed by atoms with E-state index in [2.05, 4.69) is 20.8 Å². The molecule has 0 aromatic rings. The Morgan fingerprint density at radius 3 is 2.43 bits per heavy atom. The molecule has 4 saturated carbocycles. The van der Waals surface area contributed by atoms with Crippen molar-refractivity contribution in [2.45, 2.75) is 103 Å². The standard InChI is InChI=1S/C22H38O/c1-4-12-22(23)15-11-19-17-9-8-16-7-5-6-13-20(16,2)18(17)10-14-21(19,22)3/h16-19,23H,4-15H2,1-3H3/t16-,17+,18-,19+,20+,21+,22+/m1/s1. The minimum Gasteiger partial charge on any atom is -0.389 e. The summed E-state index contributed by atoms with van der Waals surface area (Å²) in [6, 6.07) is 0. The van der Waals surface area contributed by atoms with Crippen LogP contribution in [0.25, 0.3) is 0 Å². The van der Waals surface area contributed by atoms with Gasteiger partial charge in [-0.15, -0.1) is 0 Å². The number of fused-ring (bicyclic) bond motifs is 5. The van der Waals surface area contributed by atoms with Crippen LogP contribution in [0.3, 0.4) is 0 Å². The Bertz CT molecular complexity index is 459. The maximum atomic E-state index is 11.4. The monoisotopic (exact) mass is 318 g/mol. The molecule has 4 aliphatic carbocycles. The van der Waals surface area contributed by atoms with Crippen LogP contribution in [0, 0.1) is 34.5 Å². The molecule has 0 radical (unpaired) electrons. The lowest BCUT2D eigenvalue weighted by molar-refractivity contribution is -0.153. The summed E-state index contributed by atoms with van der Waals surface area (Å²) in [5.74, 6) is 3.69. The summed E-state index contributed by atoms with van der Waals surface area (Å²) in [5.41, 5.74) is 0.484. The third-order valence-corrected chi connectivity index (χ3v) is 9.57. The van der Waals surface area contributed by atoms with E-state index < -0.39 is 0 Å². The lowest BCUT2D eigenvalue weighted by Gasteiger charge is -2.61. The van der Waals surface area contributed by atoms with Crippen LogP contribution in [0.5, 0.6) is 0 Å². The molecular weight excluding hydrogens is 280 g/mol. The summed E-state index contributed by atoms with van der Waals surface area (Å²) in [7, 11) is 0. The van der Waals surface area contributed by atoms with Crippen molar-refractivity contribution in [1.29, 1.82) is 0 Å². The molecule has 0 unspecified atom stereocenters. The summed E-state index contributed by atoms with van der Waals surface area (Å²) < 4.78 is 0. The largest absolute Gasteiger partial charge is 0.389 e. The normalized spacial score (nSPS) is 55.8. The Hall–Kier alpha value is -0.0400. The van der Waals surface area contributed by atoms with E-state index >= 15 is 0 Å². The third kappa shape index (κ3) is 2.14. The molecule has 132 valence electrons. The van der Waals surface area contributed by atoms with Crippen molar-refractivity contribution in [2.75, 3.05) is 0 Å². The van der Waals surface area contributed by atoms with Crippen molar-refractivity contribution >= 4 is 0 Å². The van der Waals surface area contributed by atoms with E-state index in [9.17, 15) is 5.11 Å². The van der Waals surface area contributed by atoms with Gasteiger partial charge in [-0.3, -0.25) is 0 Å². The van der Waals surface area contributed by atoms with Gasteiger partial charge in [0.05, 0.1) is 5.60 Å². The number of aliphatic hydroxyl groups is 1. The molecule has 1 heteroatoms. The highest BCUT2D eigenvalue weighted by molar-refractivity contribution is 5.13. The highest BCUT2D eigenvalue weighted by Gasteiger charge is 2.63. The maximum Gasteiger partial charge on any atom is 0.0703 e. The zero-order valence-electron chi connectivity index (χ0n) is 15.7. The topological polar surface area (TPSA) is 20.2 Å². The number of hydrogen-bond donors (Lipinski definition) is 1. The quantitative estimate of drug-likeness (QED) is 0.667. The van der Waals surface area contributed by atoms with E-state index in [1.54, 1.807) is 0 Å². The van der Waals surface area contributed by atoms with E-state index in [1.165, 1.54) is 57.8 Å². The molecule has 1 nitrogen and oxygen atoms in total. The third-order valence-electron chi connectivity index (χ3n) is 9.57. The predicted octanol–water partition coefficient (Wildman–Crippen LogP) is 5.95. The molecule has 7 atom stereocenters. The zero-order valence-corrected chi connectivity index (χ0v) is 15.7. The Morgan fingerprint density at radius 2 is 1.65 bits per heavy atom. The smallest absolute Gasteiger partial charge is 0.0703 e. The minimum absolute atomic E-state index is 0.210. The van der Waals surface area contributed by atoms with Gasteiger partial charge in [-0.05, 0) is 92.3 Å². The molecule has 4 aliphatic rings. The average molecular weight is 319 g/mol. The van der Waals surface area contributed by atoms with Crippen LogP contribution < -0.4 is 0 Å². The Kier molecular flexibility index (Phi) is 3.91. The highest BCUT2D eigenvalue weighted by atomic mass is 16.3. The van der Waals surface area contributed by atoms with E-state index in [4.69, 9.17) is 0 Å². The molecule has 1 N–H and O–H groups in total. The lowest BCUT2D eigenvalue weighted by atomic mass is 9.44. The van der Waals surface area contributed by atoms with E-state index in [-0.39, 0.29) is 11.0 Å². The van der Waals surface area contributed by atoms with Crippen molar-refractivity contribution in [2.24, 2.45) is 34.5 Å². The van der Waals surface area contributed by atoms with Crippen molar-refractivity contribution in [1.82, 2.24) is 0 Å². The molecule has 0 bridgehead atoms. The second kappa shape index (κ2) is 5.48. The molecule has 0 saturated heterocycles. The van der Waals surface area contributed by atoms with Crippen molar-refractivity contribution in [3.8, 4) is 0 Å². The molecule has 23 heavy (non-hydrogen) atoms. The van der Waals surface area contributed by atoms with Crippen LogP contribution >= 0.6 is 0 Å². The van der Waals surface area contributed by atoms with Gasteiger partial charge < -0.3 is 5.11 Å². The summed E-state index contributed by atoms with van der Waals surface area (Å²) >= 11 is 0. The Balaban J connectivity index is 1.63. The molecule has 4 fully saturated rings. The predicted molar refractivity (Wildman–Crippen MR) is 96.2 cm³/mol. The fourth-order valence-electron chi connectivity index (χ4n) is 8.23. The van der Waals surface area contributed by atoms with Gasteiger partial charge in [0.1, 0.15) is 0 Å². The minimum atomic E-state index is -0.359. The van der Waals surface area contributed by atoms with E-state index in [0.717, 1.165) is 42.9 Å². The van der Waals surface area contributed by atoms with Crippen molar-refractivity contribution in [3.05, 3.63) is 0 Å². The molecular formula is C22H38O. The maximum absolute atomic E-state index is 11.4. The van der Waals surface area contributed by atoms with Gasteiger partial charge in [0.25, 0.3) is 0 Å². The van der Waals surface area contributed by atoms with Gasteiger partial charge in [-0.1, -0.05) is 40.0 Å². The number of rotatable bonds is 2. The highest BCUT2D eigenvalue weighted by Crippen LogP contribution is 2.68. The van der Waals surface area contributed by atoms with Crippen molar-refractivity contribution < 1.29 is 5.11 Å².